The van der Waals surface area contributed by atoms with E-state index in [0.29, 0.717) is 26.2 Å². The van der Waals surface area contributed by atoms with Gasteiger partial charge in [0.25, 0.3) is 0 Å². The van der Waals surface area contributed by atoms with E-state index in [1.807, 2.05) is 0 Å². The van der Waals surface area contributed by atoms with Crippen LogP contribution in [0.5, 0.6) is 0 Å². The first-order valence-corrected chi connectivity index (χ1v) is 6.32. The smallest absolute Gasteiger partial charge is 0.230 e. The second-order valence-electron chi connectivity index (χ2n) is 3.76. The van der Waals surface area contributed by atoms with Gasteiger partial charge in [0.05, 0.1) is 5.56 Å². The molecule has 2 aromatic carbocycles. The van der Waals surface area contributed by atoms with Crippen LogP contribution in [-0.4, -0.2) is 4.98 Å². The predicted octanol–water partition coefficient (Wildman–Crippen LogP) is 5.05. The van der Waals surface area contributed by atoms with E-state index in [-0.39, 0.29) is 11.7 Å². The summed E-state index contributed by atoms with van der Waals surface area (Å²) in [4.78, 5) is 4.23. The number of benzene rings is 2. The van der Waals surface area contributed by atoms with Gasteiger partial charge < -0.3 is 4.42 Å². The zero-order chi connectivity index (χ0) is 12.7. The van der Waals surface area contributed by atoms with Crippen LogP contribution in [0.2, 0.25) is 5.02 Å². The molecule has 0 aliphatic heterocycles. The Bertz CT molecular complexity index is 741. The summed E-state index contributed by atoms with van der Waals surface area (Å²) in [6, 6.07) is 9.82. The van der Waals surface area contributed by atoms with Crippen molar-refractivity contribution in [2.24, 2.45) is 0 Å². The van der Waals surface area contributed by atoms with Gasteiger partial charge in [0.15, 0.2) is 5.58 Å². The third-order valence-corrected chi connectivity index (χ3v) is 3.24. The van der Waals surface area contributed by atoms with Crippen molar-refractivity contribution in [3.63, 3.8) is 0 Å². The lowest BCUT2D eigenvalue weighted by molar-refractivity contribution is 0.593. The van der Waals surface area contributed by atoms with Gasteiger partial charge in [0.1, 0.15) is 11.3 Å². The first-order chi connectivity index (χ1) is 8.63. The molecule has 0 unspecified atom stereocenters. The van der Waals surface area contributed by atoms with Gasteiger partial charge in [-0.2, -0.15) is 0 Å². The van der Waals surface area contributed by atoms with Gasteiger partial charge in [-0.15, -0.1) is 0 Å². The Kier molecular flexibility index (Phi) is 2.84. The van der Waals surface area contributed by atoms with E-state index < -0.39 is 0 Å². The summed E-state index contributed by atoms with van der Waals surface area (Å²) in [5.41, 5.74) is 1.52. The minimum atomic E-state index is -0.387. The highest BCUT2D eigenvalue weighted by Gasteiger charge is 2.12. The molecule has 18 heavy (non-hydrogen) atoms. The molecule has 2 nitrogen and oxygen atoms in total. The molecular weight excluding hydrogens is 321 g/mol. The lowest BCUT2D eigenvalue weighted by Gasteiger charge is -1.97. The SMILES string of the molecule is Fc1cc(Br)ccc1-c1nc2cc(Cl)ccc2o1. The first kappa shape index (κ1) is 11.7. The molecule has 0 atom stereocenters. The van der Waals surface area contributed by atoms with E-state index in [4.69, 9.17) is 16.0 Å². The summed E-state index contributed by atoms with van der Waals surface area (Å²) in [7, 11) is 0. The summed E-state index contributed by atoms with van der Waals surface area (Å²) >= 11 is 9.07. The fourth-order valence-corrected chi connectivity index (χ4v) is 2.18. The molecule has 1 aromatic heterocycles. The Morgan fingerprint density at radius 2 is 2.00 bits per heavy atom. The van der Waals surface area contributed by atoms with Crippen molar-refractivity contribution in [1.82, 2.24) is 4.98 Å². The van der Waals surface area contributed by atoms with E-state index in [2.05, 4.69) is 20.9 Å². The van der Waals surface area contributed by atoms with Crippen LogP contribution < -0.4 is 0 Å². The molecule has 0 bridgehead atoms. The molecule has 0 aliphatic rings. The molecule has 0 fully saturated rings. The fraction of sp³-hybridized carbons (Fsp3) is 0. The topological polar surface area (TPSA) is 26.0 Å². The maximum atomic E-state index is 13.8. The van der Waals surface area contributed by atoms with Crippen LogP contribution in [-0.2, 0) is 0 Å². The number of rotatable bonds is 1. The van der Waals surface area contributed by atoms with Crippen LogP contribution in [0.4, 0.5) is 4.39 Å². The molecule has 0 radical (unpaired) electrons. The van der Waals surface area contributed by atoms with Crippen molar-refractivity contribution in [3.8, 4) is 11.5 Å². The third-order valence-electron chi connectivity index (χ3n) is 2.51. The molecular formula is C13H6BrClFNO. The average molecular weight is 327 g/mol. The fourth-order valence-electron chi connectivity index (χ4n) is 1.68. The highest BCUT2D eigenvalue weighted by atomic mass is 79.9. The molecule has 0 saturated carbocycles. The molecule has 0 amide bonds. The van der Waals surface area contributed by atoms with Gasteiger partial charge in [-0.3, -0.25) is 0 Å². The van der Waals surface area contributed by atoms with Crippen molar-refractivity contribution in [3.05, 3.63) is 51.7 Å². The van der Waals surface area contributed by atoms with Crippen molar-refractivity contribution >= 4 is 38.6 Å². The maximum Gasteiger partial charge on any atom is 0.230 e. The molecule has 5 heteroatoms. The van der Waals surface area contributed by atoms with Crippen LogP contribution in [0.25, 0.3) is 22.6 Å². The molecule has 0 aliphatic carbocycles. The van der Waals surface area contributed by atoms with Crippen LogP contribution in [0.15, 0.2) is 45.3 Å². The third kappa shape index (κ3) is 2.02. The Labute approximate surface area is 116 Å². The normalized spacial score (nSPS) is 11.1. The van der Waals surface area contributed by atoms with Crippen LogP contribution >= 0.6 is 27.5 Å². The lowest BCUT2D eigenvalue weighted by Crippen LogP contribution is -1.83. The summed E-state index contributed by atoms with van der Waals surface area (Å²) in [6.45, 7) is 0. The van der Waals surface area contributed by atoms with E-state index in [9.17, 15) is 4.39 Å². The second kappa shape index (κ2) is 4.37. The molecule has 1 heterocycles. The van der Waals surface area contributed by atoms with Crippen molar-refractivity contribution in [1.29, 1.82) is 0 Å². The van der Waals surface area contributed by atoms with Crippen LogP contribution in [0, 0.1) is 5.82 Å². The summed E-state index contributed by atoms with van der Waals surface area (Å²) in [5.74, 6) is -0.140. The number of hydrogen-bond acceptors (Lipinski definition) is 2. The summed E-state index contributed by atoms with van der Waals surface area (Å²) in [6.07, 6.45) is 0. The highest BCUT2D eigenvalue weighted by molar-refractivity contribution is 9.10. The van der Waals surface area contributed by atoms with Crippen molar-refractivity contribution < 1.29 is 8.81 Å². The monoisotopic (exact) mass is 325 g/mol. The standard InChI is InChI=1S/C13H6BrClFNO/c14-7-1-3-9(10(16)5-7)13-17-11-6-8(15)2-4-12(11)18-13/h1-6H. The molecule has 0 N–H and O–H groups in total. The lowest BCUT2D eigenvalue weighted by atomic mass is 10.2. The van der Waals surface area contributed by atoms with E-state index >= 15 is 0 Å². The first-order valence-electron chi connectivity index (χ1n) is 5.15. The predicted molar refractivity (Wildman–Crippen MR) is 72.1 cm³/mol. The largest absolute Gasteiger partial charge is 0.436 e. The molecule has 3 rings (SSSR count). The molecule has 3 aromatic rings. The maximum absolute atomic E-state index is 13.8. The number of halogens is 3. The van der Waals surface area contributed by atoms with Gasteiger partial charge >= 0.3 is 0 Å². The van der Waals surface area contributed by atoms with E-state index in [0.717, 1.165) is 0 Å². The highest BCUT2D eigenvalue weighted by Crippen LogP contribution is 2.29. The zero-order valence-corrected chi connectivity index (χ0v) is 11.3. The van der Waals surface area contributed by atoms with E-state index in [1.165, 1.54) is 6.07 Å². The molecule has 0 spiro atoms. The Balaban J connectivity index is 2.19. The van der Waals surface area contributed by atoms with Gasteiger partial charge in [0, 0.05) is 9.50 Å². The average Bonchev–Trinajstić information content (AvgIpc) is 2.71. The second-order valence-corrected chi connectivity index (χ2v) is 5.11. The molecule has 0 saturated heterocycles. The number of nitrogens with zero attached hydrogens (tertiary/aromatic N) is 1. The summed E-state index contributed by atoms with van der Waals surface area (Å²) < 4.78 is 20.0. The quantitative estimate of drug-likeness (QED) is 0.625. The molecule has 90 valence electrons. The van der Waals surface area contributed by atoms with Crippen LogP contribution in [0.3, 0.4) is 0 Å². The van der Waals surface area contributed by atoms with Crippen molar-refractivity contribution in [2.45, 2.75) is 0 Å². The van der Waals surface area contributed by atoms with Crippen LogP contribution in [0.1, 0.15) is 0 Å². The Hall–Kier alpha value is -1.39. The minimum Gasteiger partial charge on any atom is -0.436 e. The van der Waals surface area contributed by atoms with E-state index in [1.54, 1.807) is 30.3 Å². The number of hydrogen-bond donors (Lipinski definition) is 0. The van der Waals surface area contributed by atoms with Gasteiger partial charge in [-0.05, 0) is 36.4 Å². The van der Waals surface area contributed by atoms with Gasteiger partial charge in [0.2, 0.25) is 5.89 Å². The summed E-state index contributed by atoms with van der Waals surface area (Å²) in [5, 5.41) is 0.568. The van der Waals surface area contributed by atoms with Gasteiger partial charge in [-0.25, -0.2) is 9.37 Å². The number of oxazole rings is 1. The Morgan fingerprint density at radius 1 is 1.17 bits per heavy atom. The number of fused-ring (bicyclic) bond motifs is 1. The number of aromatic nitrogens is 1. The van der Waals surface area contributed by atoms with Gasteiger partial charge in [-0.1, -0.05) is 27.5 Å². The Morgan fingerprint density at radius 3 is 2.78 bits per heavy atom. The minimum absolute atomic E-state index is 0.247. The van der Waals surface area contributed by atoms with Crippen molar-refractivity contribution in [2.75, 3.05) is 0 Å². The zero-order valence-electron chi connectivity index (χ0n) is 8.95.